The van der Waals surface area contributed by atoms with Gasteiger partial charge in [-0.25, -0.2) is 18.9 Å². The number of hydrogen-bond acceptors (Lipinski definition) is 6. The molecule has 0 saturated carbocycles. The Labute approximate surface area is 177 Å². The monoisotopic (exact) mass is 421 g/mol. The van der Waals surface area contributed by atoms with E-state index >= 15 is 0 Å². The van der Waals surface area contributed by atoms with E-state index in [4.69, 9.17) is 9.47 Å². The lowest BCUT2D eigenvalue weighted by Crippen LogP contribution is -2.31. The van der Waals surface area contributed by atoms with Crippen LogP contribution in [0.2, 0.25) is 0 Å². The third-order valence-electron chi connectivity index (χ3n) is 4.56. The summed E-state index contributed by atoms with van der Waals surface area (Å²) >= 11 is 0. The first-order valence-corrected chi connectivity index (χ1v) is 9.56. The molecule has 9 heteroatoms. The molecule has 0 saturated heterocycles. The van der Waals surface area contributed by atoms with E-state index < -0.39 is 11.9 Å². The molecule has 1 N–H and O–H groups in total. The highest BCUT2D eigenvalue weighted by atomic mass is 19.1. The van der Waals surface area contributed by atoms with E-state index in [0.29, 0.717) is 11.5 Å². The fourth-order valence-electron chi connectivity index (χ4n) is 2.97. The van der Waals surface area contributed by atoms with Crippen molar-refractivity contribution >= 4 is 11.6 Å². The molecular formula is C22H20FN5O3. The van der Waals surface area contributed by atoms with Crippen LogP contribution in [-0.2, 0) is 4.79 Å². The van der Waals surface area contributed by atoms with Crippen LogP contribution in [0.1, 0.15) is 18.8 Å². The van der Waals surface area contributed by atoms with Crippen LogP contribution in [0.15, 0.2) is 60.9 Å². The van der Waals surface area contributed by atoms with E-state index in [1.165, 1.54) is 18.2 Å². The van der Waals surface area contributed by atoms with Gasteiger partial charge in [0.1, 0.15) is 23.6 Å². The van der Waals surface area contributed by atoms with Gasteiger partial charge in [0.15, 0.2) is 18.1 Å². The van der Waals surface area contributed by atoms with Crippen molar-refractivity contribution in [2.45, 2.75) is 13.0 Å². The van der Waals surface area contributed by atoms with E-state index in [-0.39, 0.29) is 18.3 Å². The largest absolute Gasteiger partial charge is 0.497 e. The lowest BCUT2D eigenvalue weighted by Gasteiger charge is -2.11. The van der Waals surface area contributed by atoms with Crippen LogP contribution in [0, 0.1) is 5.82 Å². The summed E-state index contributed by atoms with van der Waals surface area (Å²) in [6.45, 7) is 1.52. The summed E-state index contributed by atoms with van der Waals surface area (Å²) in [4.78, 5) is 21.1. The zero-order chi connectivity index (χ0) is 21.8. The number of carbonyl (C=O) groups excluding carboxylic acids is 1. The van der Waals surface area contributed by atoms with Gasteiger partial charge in [0.05, 0.1) is 18.8 Å². The Balaban J connectivity index is 1.42. The fraction of sp³-hybridized carbons (Fsp3) is 0.182. The van der Waals surface area contributed by atoms with Crippen molar-refractivity contribution in [3.8, 4) is 22.8 Å². The van der Waals surface area contributed by atoms with Gasteiger partial charge in [-0.2, -0.15) is 0 Å². The first kappa shape index (κ1) is 20.3. The highest BCUT2D eigenvalue weighted by Gasteiger charge is 2.16. The minimum atomic E-state index is -0.451. The summed E-state index contributed by atoms with van der Waals surface area (Å²) in [5.41, 5.74) is 2.27. The number of aromatic nitrogens is 4. The average molecular weight is 421 g/mol. The molecular weight excluding hydrogens is 401 g/mol. The molecule has 0 fully saturated rings. The zero-order valence-corrected chi connectivity index (χ0v) is 16.9. The molecule has 158 valence electrons. The van der Waals surface area contributed by atoms with Crippen molar-refractivity contribution in [2.24, 2.45) is 0 Å². The smallest absolute Gasteiger partial charge is 0.258 e. The van der Waals surface area contributed by atoms with Crippen molar-refractivity contribution in [2.75, 3.05) is 13.7 Å². The van der Waals surface area contributed by atoms with Crippen LogP contribution in [0.5, 0.6) is 11.5 Å². The lowest BCUT2D eigenvalue weighted by atomic mass is 10.1. The lowest BCUT2D eigenvalue weighted by molar-refractivity contribution is -0.123. The first-order chi connectivity index (χ1) is 15.0. The molecule has 4 aromatic rings. The summed E-state index contributed by atoms with van der Waals surface area (Å²) in [5, 5.41) is 7.15. The van der Waals surface area contributed by atoms with E-state index in [2.05, 4.69) is 20.4 Å². The minimum Gasteiger partial charge on any atom is -0.497 e. The highest BCUT2D eigenvalue weighted by molar-refractivity contribution is 5.77. The Morgan fingerprint density at radius 2 is 1.97 bits per heavy atom. The molecule has 31 heavy (non-hydrogen) atoms. The van der Waals surface area contributed by atoms with Crippen molar-refractivity contribution in [1.82, 2.24) is 24.9 Å². The number of nitrogens with one attached hydrogen (secondary N) is 1. The Kier molecular flexibility index (Phi) is 5.74. The summed E-state index contributed by atoms with van der Waals surface area (Å²) in [5.74, 6) is 0.689. The maximum atomic E-state index is 13.2. The number of hydrogen-bond donors (Lipinski definition) is 1. The van der Waals surface area contributed by atoms with Crippen LogP contribution in [0.3, 0.4) is 0 Å². The maximum Gasteiger partial charge on any atom is 0.258 e. The Bertz CT molecular complexity index is 1210. The minimum absolute atomic E-state index is 0.246. The number of rotatable bonds is 7. The number of fused-ring (bicyclic) bond motifs is 1. The van der Waals surface area contributed by atoms with Gasteiger partial charge in [-0.15, -0.1) is 5.10 Å². The van der Waals surface area contributed by atoms with Gasteiger partial charge in [0, 0.05) is 17.7 Å². The van der Waals surface area contributed by atoms with Gasteiger partial charge in [0.25, 0.3) is 5.91 Å². The summed E-state index contributed by atoms with van der Waals surface area (Å²) in [6.07, 6.45) is 1.58. The molecule has 4 rings (SSSR count). The molecule has 2 aromatic heterocycles. The second-order valence-corrected chi connectivity index (χ2v) is 6.81. The molecule has 0 aliphatic heterocycles. The van der Waals surface area contributed by atoms with Crippen molar-refractivity contribution in [1.29, 1.82) is 0 Å². The third-order valence-corrected chi connectivity index (χ3v) is 4.56. The summed E-state index contributed by atoms with van der Waals surface area (Å²) < 4.78 is 25.2. The van der Waals surface area contributed by atoms with Crippen molar-refractivity contribution in [3.63, 3.8) is 0 Å². The molecule has 2 heterocycles. The van der Waals surface area contributed by atoms with Crippen LogP contribution < -0.4 is 14.8 Å². The summed E-state index contributed by atoms with van der Waals surface area (Å²) in [7, 11) is 1.62. The van der Waals surface area contributed by atoms with E-state index in [1.807, 2.05) is 30.3 Å². The molecule has 0 unspecified atom stereocenters. The van der Waals surface area contributed by atoms with E-state index in [0.717, 1.165) is 17.0 Å². The molecule has 0 radical (unpaired) electrons. The topological polar surface area (TPSA) is 90.6 Å². The molecule has 0 aliphatic rings. The quantitative estimate of drug-likeness (QED) is 0.493. The number of ether oxygens (including phenoxy) is 2. The number of amides is 1. The molecule has 0 aliphatic carbocycles. The molecule has 0 spiro atoms. The number of benzene rings is 2. The third kappa shape index (κ3) is 4.77. The number of methoxy groups -OCH3 is 1. The standard InChI is InChI=1S/C22H20FN5O3/c1-14(25-21(29)12-31-18-5-3-4-16(23)10-18)22-26-20-11-19(24-13-28(20)27-22)15-6-8-17(30-2)9-7-15/h3-11,13-14H,12H2,1-2H3,(H,25,29)/t14-/m1/s1. The number of carbonyl (C=O) groups is 1. The van der Waals surface area contributed by atoms with Crippen LogP contribution in [-0.4, -0.2) is 39.2 Å². The number of nitrogens with zero attached hydrogens (tertiary/aromatic N) is 4. The summed E-state index contributed by atoms with van der Waals surface area (Å²) in [6, 6.07) is 14.5. The Hall–Kier alpha value is -4.01. The molecule has 1 atom stereocenters. The van der Waals surface area contributed by atoms with E-state index in [9.17, 15) is 9.18 Å². The van der Waals surface area contributed by atoms with Crippen LogP contribution in [0.25, 0.3) is 16.9 Å². The Morgan fingerprint density at radius 3 is 2.71 bits per heavy atom. The van der Waals surface area contributed by atoms with Crippen LogP contribution >= 0.6 is 0 Å². The van der Waals surface area contributed by atoms with Gasteiger partial charge in [0.2, 0.25) is 0 Å². The fourth-order valence-corrected chi connectivity index (χ4v) is 2.97. The predicted molar refractivity (Wildman–Crippen MR) is 111 cm³/mol. The van der Waals surface area contributed by atoms with Gasteiger partial charge in [-0.3, -0.25) is 4.79 Å². The maximum absolute atomic E-state index is 13.2. The first-order valence-electron chi connectivity index (χ1n) is 9.56. The van der Waals surface area contributed by atoms with E-state index in [1.54, 1.807) is 30.9 Å². The van der Waals surface area contributed by atoms with Crippen LogP contribution in [0.4, 0.5) is 4.39 Å². The molecule has 1 amide bonds. The zero-order valence-electron chi connectivity index (χ0n) is 16.9. The van der Waals surface area contributed by atoms with Gasteiger partial charge >= 0.3 is 0 Å². The predicted octanol–water partition coefficient (Wildman–Crippen LogP) is 3.20. The van der Waals surface area contributed by atoms with Crippen molar-refractivity contribution < 1.29 is 18.7 Å². The Morgan fingerprint density at radius 1 is 1.16 bits per heavy atom. The molecule has 0 bridgehead atoms. The van der Waals surface area contributed by atoms with Gasteiger partial charge in [-0.05, 0) is 43.3 Å². The molecule has 8 nitrogen and oxygen atoms in total. The van der Waals surface area contributed by atoms with Gasteiger partial charge in [-0.1, -0.05) is 6.07 Å². The van der Waals surface area contributed by atoms with Crippen molar-refractivity contribution in [3.05, 3.63) is 72.6 Å². The normalized spacial score (nSPS) is 11.8. The second kappa shape index (κ2) is 8.78. The SMILES string of the molecule is COc1ccc(-c2cc3nc([C@@H](C)NC(=O)COc4cccc(F)c4)nn3cn2)cc1. The average Bonchev–Trinajstić information content (AvgIpc) is 3.21. The second-order valence-electron chi connectivity index (χ2n) is 6.81. The highest BCUT2D eigenvalue weighted by Crippen LogP contribution is 2.21. The van der Waals surface area contributed by atoms with Gasteiger partial charge < -0.3 is 14.8 Å². The molecule has 2 aromatic carbocycles. The number of halogens is 1.